The number of nitrogens with one attached hydrogen (secondary N) is 2. The van der Waals surface area contributed by atoms with Crippen molar-refractivity contribution in [1.82, 2.24) is 15.5 Å². The number of rotatable bonds is 12. The fourth-order valence-electron chi connectivity index (χ4n) is 5.61. The number of aromatic hydroxyl groups is 1. The lowest BCUT2D eigenvalue weighted by atomic mass is 9.91. The summed E-state index contributed by atoms with van der Waals surface area (Å²) in [5, 5.41) is 15.7. The molecule has 3 atom stereocenters. The smallest absolute Gasteiger partial charge is 0.411 e. The van der Waals surface area contributed by atoms with Gasteiger partial charge in [0.1, 0.15) is 17.1 Å². The lowest BCUT2D eigenvalue weighted by molar-refractivity contribution is -0.123. The zero-order chi connectivity index (χ0) is 32.4. The molecule has 2 aliphatic rings. The molecule has 1 saturated heterocycles. The summed E-state index contributed by atoms with van der Waals surface area (Å²) in [6, 6.07) is 13.9. The molecule has 246 valence electrons. The predicted molar refractivity (Wildman–Crippen MR) is 181 cm³/mol. The normalized spacial score (nSPS) is 18.6. The second kappa shape index (κ2) is 16.5. The first-order chi connectivity index (χ1) is 21.5. The number of hydrogen-bond acceptors (Lipinski definition) is 8. The van der Waals surface area contributed by atoms with E-state index in [9.17, 15) is 19.5 Å². The van der Waals surface area contributed by atoms with Gasteiger partial charge in [-0.3, -0.25) is 14.5 Å². The van der Waals surface area contributed by atoms with Crippen LogP contribution < -0.4 is 15.4 Å². The summed E-state index contributed by atoms with van der Waals surface area (Å²) in [6.45, 7) is 5.98. The fourth-order valence-corrected chi connectivity index (χ4v) is 8.29. The van der Waals surface area contributed by atoms with E-state index >= 15 is 0 Å². The van der Waals surface area contributed by atoms with Gasteiger partial charge in [0.15, 0.2) is 5.37 Å². The Morgan fingerprint density at radius 3 is 2.44 bits per heavy atom. The van der Waals surface area contributed by atoms with Crippen LogP contribution in [0.15, 0.2) is 48.5 Å². The highest BCUT2D eigenvalue weighted by atomic mass is 32.2. The van der Waals surface area contributed by atoms with Gasteiger partial charge in [0, 0.05) is 24.1 Å². The first-order valence-corrected chi connectivity index (χ1v) is 17.9. The molecule has 4 rings (SSSR count). The van der Waals surface area contributed by atoms with Crippen LogP contribution in [0.2, 0.25) is 0 Å². The highest BCUT2D eigenvalue weighted by molar-refractivity contribution is 8.00. The maximum Gasteiger partial charge on any atom is 0.411 e. The Kier molecular flexibility index (Phi) is 12.8. The van der Waals surface area contributed by atoms with E-state index in [4.69, 9.17) is 9.47 Å². The molecule has 3 amide bonds. The minimum atomic E-state index is -0.735. The minimum absolute atomic E-state index is 0.0738. The third-order valence-corrected chi connectivity index (χ3v) is 10.8. The number of benzene rings is 2. The summed E-state index contributed by atoms with van der Waals surface area (Å²) >= 11 is 3.24. The fraction of sp³-hybridized carbons (Fsp3) is 0.559. The Morgan fingerprint density at radius 2 is 1.78 bits per heavy atom. The van der Waals surface area contributed by atoms with Crippen molar-refractivity contribution in [3.63, 3.8) is 0 Å². The number of ether oxygens (including phenoxy) is 2. The number of phenolic OH excluding ortho intramolecular Hbond substituents is 1. The Hall–Kier alpha value is -3.05. The Balaban J connectivity index is 1.57. The van der Waals surface area contributed by atoms with E-state index in [1.165, 1.54) is 54.8 Å². The van der Waals surface area contributed by atoms with E-state index in [2.05, 4.69) is 10.6 Å². The standard InChI is InChI=1S/C34H47N3O6S2/c1-34(2,3)43-33(41)37-18-19-44-32(37)31(40)36-27(21-35-30(39)26-12-8-9-13-28(26)38)29(45-22-24-10-6-5-7-11-24)20-23-14-16-25(42-4)17-15-23/h8-9,12-17,24,27,29,32,38H,5-7,10-11,18-22H2,1-4H3,(H,35,39)(H,36,40). The average Bonchev–Trinajstić information content (AvgIpc) is 3.52. The summed E-state index contributed by atoms with van der Waals surface area (Å²) in [4.78, 5) is 41.5. The molecule has 2 fully saturated rings. The van der Waals surface area contributed by atoms with E-state index in [0.717, 1.165) is 17.1 Å². The van der Waals surface area contributed by atoms with Gasteiger partial charge in [-0.25, -0.2) is 4.79 Å². The van der Waals surface area contributed by atoms with Gasteiger partial charge in [-0.05, 0) is 81.5 Å². The van der Waals surface area contributed by atoms with Crippen LogP contribution in [0.5, 0.6) is 11.5 Å². The number of phenols is 1. The molecule has 0 spiro atoms. The van der Waals surface area contributed by atoms with E-state index in [1.54, 1.807) is 46.1 Å². The van der Waals surface area contributed by atoms with Gasteiger partial charge in [0.25, 0.3) is 11.8 Å². The SMILES string of the molecule is COc1ccc(CC(SCC2CCCCC2)C(CNC(=O)c2ccccc2O)NC(=O)C2SCCN2C(=O)OC(C)(C)C)cc1. The van der Waals surface area contributed by atoms with Crippen LogP contribution in [-0.4, -0.2) is 81.9 Å². The lowest BCUT2D eigenvalue weighted by Crippen LogP contribution is -2.55. The maximum atomic E-state index is 13.9. The highest BCUT2D eigenvalue weighted by Crippen LogP contribution is 2.32. The van der Waals surface area contributed by atoms with Gasteiger partial charge in [-0.1, -0.05) is 43.5 Å². The molecule has 2 aromatic rings. The molecule has 1 aliphatic carbocycles. The molecule has 1 aliphatic heterocycles. The third-order valence-electron chi connectivity index (χ3n) is 8.02. The third kappa shape index (κ3) is 10.5. The molecular weight excluding hydrogens is 611 g/mol. The first-order valence-electron chi connectivity index (χ1n) is 15.8. The molecule has 0 bridgehead atoms. The van der Waals surface area contributed by atoms with Crippen molar-refractivity contribution in [3.8, 4) is 11.5 Å². The summed E-state index contributed by atoms with van der Waals surface area (Å²) in [5.41, 5.74) is 0.584. The van der Waals surface area contributed by atoms with Crippen molar-refractivity contribution < 1.29 is 29.0 Å². The second-order valence-corrected chi connectivity index (χ2v) is 15.1. The average molecular weight is 658 g/mol. The number of nitrogens with zero attached hydrogens (tertiary/aromatic N) is 1. The number of amides is 3. The molecule has 11 heteroatoms. The molecular formula is C34H47N3O6S2. The molecule has 3 unspecified atom stereocenters. The van der Waals surface area contributed by atoms with Crippen LogP contribution >= 0.6 is 23.5 Å². The van der Waals surface area contributed by atoms with Gasteiger partial charge < -0.3 is 25.2 Å². The van der Waals surface area contributed by atoms with Crippen LogP contribution in [0.1, 0.15) is 68.8 Å². The van der Waals surface area contributed by atoms with Crippen LogP contribution in [0.25, 0.3) is 0 Å². The van der Waals surface area contributed by atoms with Gasteiger partial charge in [-0.2, -0.15) is 11.8 Å². The van der Waals surface area contributed by atoms with Crippen LogP contribution in [0, 0.1) is 5.92 Å². The predicted octanol–water partition coefficient (Wildman–Crippen LogP) is 5.85. The number of thioether (sulfide) groups is 2. The van der Waals surface area contributed by atoms with Gasteiger partial charge in [-0.15, -0.1) is 11.8 Å². The number of carbonyl (C=O) groups is 3. The summed E-state index contributed by atoms with van der Waals surface area (Å²) < 4.78 is 11.0. The topological polar surface area (TPSA) is 117 Å². The molecule has 45 heavy (non-hydrogen) atoms. The molecule has 0 aromatic heterocycles. The van der Waals surface area contributed by atoms with E-state index < -0.39 is 29.0 Å². The quantitative estimate of drug-likeness (QED) is 0.260. The van der Waals surface area contributed by atoms with Crippen LogP contribution in [-0.2, 0) is 16.0 Å². The zero-order valence-electron chi connectivity index (χ0n) is 26.8. The van der Waals surface area contributed by atoms with Crippen molar-refractivity contribution >= 4 is 41.4 Å². The molecule has 1 saturated carbocycles. The molecule has 1 heterocycles. The Bertz CT molecular complexity index is 1280. The van der Waals surface area contributed by atoms with Crippen molar-refractivity contribution in [2.24, 2.45) is 5.92 Å². The summed E-state index contributed by atoms with van der Waals surface area (Å²) in [7, 11) is 1.64. The molecule has 0 radical (unpaired) electrons. The van der Waals surface area contributed by atoms with Gasteiger partial charge >= 0.3 is 6.09 Å². The van der Waals surface area contributed by atoms with Gasteiger partial charge in [0.2, 0.25) is 0 Å². The second-order valence-electron chi connectivity index (χ2n) is 12.7. The van der Waals surface area contributed by atoms with Crippen LogP contribution in [0.4, 0.5) is 4.79 Å². The zero-order valence-corrected chi connectivity index (χ0v) is 28.4. The highest BCUT2D eigenvalue weighted by Gasteiger charge is 2.39. The summed E-state index contributed by atoms with van der Waals surface area (Å²) in [5.74, 6) is 2.16. The van der Waals surface area contributed by atoms with Crippen LogP contribution in [0.3, 0.4) is 0 Å². The van der Waals surface area contributed by atoms with Crippen molar-refractivity contribution in [1.29, 1.82) is 0 Å². The van der Waals surface area contributed by atoms with Crippen molar-refractivity contribution in [2.75, 3.05) is 31.7 Å². The Labute approximate surface area is 275 Å². The Morgan fingerprint density at radius 1 is 1.07 bits per heavy atom. The molecule has 3 N–H and O–H groups in total. The number of para-hydroxylation sites is 1. The van der Waals surface area contributed by atoms with E-state index in [0.29, 0.717) is 24.6 Å². The number of carbonyl (C=O) groups excluding carboxylic acids is 3. The van der Waals surface area contributed by atoms with E-state index in [-0.39, 0.29) is 29.0 Å². The maximum absolute atomic E-state index is 13.9. The van der Waals surface area contributed by atoms with E-state index in [1.807, 2.05) is 36.0 Å². The first kappa shape index (κ1) is 34.8. The van der Waals surface area contributed by atoms with Gasteiger partial charge in [0.05, 0.1) is 18.7 Å². The minimum Gasteiger partial charge on any atom is -0.507 e. The molecule has 2 aromatic carbocycles. The lowest BCUT2D eigenvalue weighted by Gasteiger charge is -2.32. The van der Waals surface area contributed by atoms with Crippen molar-refractivity contribution in [2.45, 2.75) is 81.6 Å². The van der Waals surface area contributed by atoms with Crippen molar-refractivity contribution in [3.05, 3.63) is 59.7 Å². The largest absolute Gasteiger partial charge is 0.507 e. The summed E-state index contributed by atoms with van der Waals surface area (Å²) in [6.07, 6.45) is 6.31. The number of hydrogen-bond donors (Lipinski definition) is 3. The monoisotopic (exact) mass is 657 g/mol. The molecule has 9 nitrogen and oxygen atoms in total. The number of methoxy groups -OCH3 is 1.